The summed E-state index contributed by atoms with van der Waals surface area (Å²) in [5.74, 6) is 0.594. The van der Waals surface area contributed by atoms with Crippen LogP contribution >= 0.6 is 11.6 Å². The Morgan fingerprint density at radius 1 is 1.42 bits per heavy atom. The van der Waals surface area contributed by atoms with Gasteiger partial charge in [-0.1, -0.05) is 11.6 Å². The van der Waals surface area contributed by atoms with Crippen molar-refractivity contribution in [1.29, 1.82) is 0 Å². The lowest BCUT2D eigenvalue weighted by Crippen LogP contribution is -2.33. The Balaban J connectivity index is 2.50. The van der Waals surface area contributed by atoms with Crippen LogP contribution in [0.5, 0.6) is 0 Å². The molecule has 19 heavy (non-hydrogen) atoms. The van der Waals surface area contributed by atoms with E-state index in [9.17, 15) is 0 Å². The number of aromatic nitrogens is 4. The number of benzene rings is 1. The maximum Gasteiger partial charge on any atom is 0.184 e. The lowest BCUT2D eigenvalue weighted by Gasteiger charge is -2.24. The summed E-state index contributed by atoms with van der Waals surface area (Å²) in [5, 5.41) is 12.4. The van der Waals surface area contributed by atoms with Gasteiger partial charge in [0.15, 0.2) is 5.82 Å². The standard InChI is InChI=1S/C12H16ClN5O/c1-12(2,7-19-3)18-11(15-16-17-18)9-5-4-8(13)6-10(9)14/h4-6H,7,14H2,1-3H3. The van der Waals surface area contributed by atoms with Crippen LogP contribution < -0.4 is 5.73 Å². The molecular weight excluding hydrogens is 266 g/mol. The van der Waals surface area contributed by atoms with Gasteiger partial charge in [-0.15, -0.1) is 5.10 Å². The number of halogens is 1. The van der Waals surface area contributed by atoms with Crippen LogP contribution in [0.25, 0.3) is 11.4 Å². The van der Waals surface area contributed by atoms with Gasteiger partial charge in [0.25, 0.3) is 0 Å². The van der Waals surface area contributed by atoms with Crippen molar-refractivity contribution < 1.29 is 4.74 Å². The molecule has 7 heteroatoms. The minimum absolute atomic E-state index is 0.375. The summed E-state index contributed by atoms with van der Waals surface area (Å²) in [6, 6.07) is 5.25. The summed E-state index contributed by atoms with van der Waals surface area (Å²) in [5.41, 5.74) is 6.89. The summed E-state index contributed by atoms with van der Waals surface area (Å²) in [6.07, 6.45) is 0. The average Bonchev–Trinajstić information content (AvgIpc) is 2.78. The molecule has 6 nitrogen and oxygen atoms in total. The van der Waals surface area contributed by atoms with E-state index in [0.717, 1.165) is 5.56 Å². The first kappa shape index (κ1) is 13.8. The molecule has 0 unspecified atom stereocenters. The third-order valence-electron chi connectivity index (χ3n) is 2.79. The number of tetrazole rings is 1. The monoisotopic (exact) mass is 281 g/mol. The van der Waals surface area contributed by atoms with Gasteiger partial charge in [-0.25, -0.2) is 4.68 Å². The number of ether oxygens (including phenoxy) is 1. The highest BCUT2D eigenvalue weighted by molar-refractivity contribution is 6.31. The second-order valence-corrected chi connectivity index (χ2v) is 5.33. The van der Waals surface area contributed by atoms with Gasteiger partial charge in [0, 0.05) is 23.4 Å². The lowest BCUT2D eigenvalue weighted by molar-refractivity contribution is 0.101. The van der Waals surface area contributed by atoms with Gasteiger partial charge in [0.1, 0.15) is 0 Å². The molecule has 0 aliphatic rings. The molecule has 0 radical (unpaired) electrons. The van der Waals surface area contributed by atoms with Crippen LogP contribution in [0.1, 0.15) is 13.8 Å². The minimum Gasteiger partial charge on any atom is -0.398 e. The van der Waals surface area contributed by atoms with Gasteiger partial charge >= 0.3 is 0 Å². The highest BCUT2D eigenvalue weighted by Crippen LogP contribution is 2.29. The molecular formula is C12H16ClN5O. The molecule has 0 aliphatic heterocycles. The van der Waals surface area contributed by atoms with E-state index in [1.165, 1.54) is 0 Å². The Kier molecular flexibility index (Phi) is 3.73. The van der Waals surface area contributed by atoms with E-state index in [-0.39, 0.29) is 5.54 Å². The predicted molar refractivity (Wildman–Crippen MR) is 73.9 cm³/mol. The number of nitrogens with zero attached hydrogens (tertiary/aromatic N) is 4. The minimum atomic E-state index is -0.375. The van der Waals surface area contributed by atoms with Gasteiger partial charge in [-0.2, -0.15) is 0 Å². The first-order valence-corrected chi connectivity index (χ1v) is 6.16. The van der Waals surface area contributed by atoms with Crippen molar-refractivity contribution in [2.45, 2.75) is 19.4 Å². The van der Waals surface area contributed by atoms with Crippen LogP contribution in [0.4, 0.5) is 5.69 Å². The molecule has 0 bridgehead atoms. The van der Waals surface area contributed by atoms with Crippen LogP contribution in [0.2, 0.25) is 5.02 Å². The zero-order valence-corrected chi connectivity index (χ0v) is 11.8. The van der Waals surface area contributed by atoms with Crippen molar-refractivity contribution in [3.8, 4) is 11.4 Å². The van der Waals surface area contributed by atoms with Crippen LogP contribution in [0, 0.1) is 0 Å². The summed E-state index contributed by atoms with van der Waals surface area (Å²) in [6.45, 7) is 4.46. The van der Waals surface area contributed by atoms with Crippen molar-refractivity contribution in [2.75, 3.05) is 19.5 Å². The van der Waals surface area contributed by atoms with Gasteiger partial charge in [-0.05, 0) is 42.5 Å². The Hall–Kier alpha value is -1.66. The smallest absolute Gasteiger partial charge is 0.184 e. The summed E-state index contributed by atoms with van der Waals surface area (Å²) in [4.78, 5) is 0. The van der Waals surface area contributed by atoms with E-state index in [1.807, 2.05) is 19.9 Å². The highest BCUT2D eigenvalue weighted by Gasteiger charge is 2.26. The SMILES string of the molecule is COCC(C)(C)n1nnnc1-c1ccc(Cl)cc1N. The summed E-state index contributed by atoms with van der Waals surface area (Å²) in [7, 11) is 1.64. The molecule has 0 fully saturated rings. The van der Waals surface area contributed by atoms with E-state index < -0.39 is 0 Å². The second-order valence-electron chi connectivity index (χ2n) is 4.89. The number of anilines is 1. The molecule has 2 N–H and O–H groups in total. The number of nitrogen functional groups attached to an aromatic ring is 1. The number of hydrogen-bond acceptors (Lipinski definition) is 5. The normalized spacial score (nSPS) is 11.8. The van der Waals surface area contributed by atoms with Crippen molar-refractivity contribution in [3.63, 3.8) is 0 Å². The molecule has 0 saturated carbocycles. The Labute approximate surface area is 116 Å². The molecule has 102 valence electrons. The zero-order chi connectivity index (χ0) is 14.0. The number of methoxy groups -OCH3 is 1. The molecule has 0 spiro atoms. The number of rotatable bonds is 4. The molecule has 1 aromatic heterocycles. The molecule has 0 atom stereocenters. The first-order valence-electron chi connectivity index (χ1n) is 5.79. The van der Waals surface area contributed by atoms with Crippen molar-refractivity contribution in [2.24, 2.45) is 0 Å². The van der Waals surface area contributed by atoms with Gasteiger partial charge < -0.3 is 10.5 Å². The number of nitrogens with two attached hydrogens (primary N) is 1. The third-order valence-corrected chi connectivity index (χ3v) is 3.03. The largest absolute Gasteiger partial charge is 0.398 e. The maximum absolute atomic E-state index is 5.97. The van der Waals surface area contributed by atoms with Gasteiger partial charge in [-0.3, -0.25) is 0 Å². The molecule has 2 aromatic rings. The van der Waals surface area contributed by atoms with Crippen molar-refractivity contribution >= 4 is 17.3 Å². The predicted octanol–water partition coefficient (Wildman–Crippen LogP) is 1.96. The highest BCUT2D eigenvalue weighted by atomic mass is 35.5. The first-order chi connectivity index (χ1) is 8.95. The van der Waals surface area contributed by atoms with Crippen molar-refractivity contribution in [1.82, 2.24) is 20.2 Å². The van der Waals surface area contributed by atoms with E-state index in [2.05, 4.69) is 15.5 Å². The Morgan fingerprint density at radius 2 is 2.16 bits per heavy atom. The lowest BCUT2D eigenvalue weighted by atomic mass is 10.1. The van der Waals surface area contributed by atoms with E-state index >= 15 is 0 Å². The van der Waals surface area contributed by atoms with Crippen LogP contribution in [0.3, 0.4) is 0 Å². The third kappa shape index (κ3) is 2.69. The summed E-state index contributed by atoms with van der Waals surface area (Å²) >= 11 is 5.90. The molecule has 0 amide bonds. The number of hydrogen-bond donors (Lipinski definition) is 1. The average molecular weight is 282 g/mol. The topological polar surface area (TPSA) is 78.8 Å². The quantitative estimate of drug-likeness (QED) is 0.867. The van der Waals surface area contributed by atoms with E-state index in [1.54, 1.807) is 23.9 Å². The molecule has 2 rings (SSSR count). The summed E-state index contributed by atoms with van der Waals surface area (Å²) < 4.78 is 6.91. The van der Waals surface area contributed by atoms with Crippen molar-refractivity contribution in [3.05, 3.63) is 23.2 Å². The van der Waals surface area contributed by atoms with Gasteiger partial charge in [0.2, 0.25) is 0 Å². The molecule has 1 heterocycles. The Bertz CT molecular complexity index is 581. The zero-order valence-electron chi connectivity index (χ0n) is 11.1. The van der Waals surface area contributed by atoms with E-state index in [4.69, 9.17) is 22.1 Å². The fourth-order valence-corrected chi connectivity index (χ4v) is 2.09. The van der Waals surface area contributed by atoms with Crippen LogP contribution in [0.15, 0.2) is 18.2 Å². The van der Waals surface area contributed by atoms with Crippen LogP contribution in [-0.4, -0.2) is 33.9 Å². The van der Waals surface area contributed by atoms with E-state index in [0.29, 0.717) is 23.1 Å². The van der Waals surface area contributed by atoms with Gasteiger partial charge in [0.05, 0.1) is 12.1 Å². The second kappa shape index (κ2) is 5.14. The fraction of sp³-hybridized carbons (Fsp3) is 0.417. The molecule has 0 aliphatic carbocycles. The molecule has 0 saturated heterocycles. The van der Waals surface area contributed by atoms with Crippen LogP contribution in [-0.2, 0) is 10.3 Å². The maximum atomic E-state index is 5.97. The Morgan fingerprint density at radius 3 is 2.79 bits per heavy atom. The molecule has 1 aromatic carbocycles. The fourth-order valence-electron chi connectivity index (χ4n) is 1.91.